The first-order valence-electron chi connectivity index (χ1n) is 12.5. The van der Waals surface area contributed by atoms with Crippen molar-refractivity contribution in [1.29, 1.82) is 0 Å². The molecule has 2 aromatic heterocycles. The lowest BCUT2D eigenvalue weighted by molar-refractivity contribution is -0.384. The molecule has 1 N–H and O–H groups in total. The number of hydrogen-bond acceptors (Lipinski definition) is 6. The molecule has 9 heteroatoms. The van der Waals surface area contributed by atoms with E-state index in [0.29, 0.717) is 34.2 Å². The van der Waals surface area contributed by atoms with E-state index in [1.807, 2.05) is 25.1 Å². The van der Waals surface area contributed by atoms with Crippen LogP contribution in [-0.2, 0) is 4.79 Å². The van der Waals surface area contributed by atoms with E-state index in [2.05, 4.69) is 41.5 Å². The first-order valence-corrected chi connectivity index (χ1v) is 12.5. The average Bonchev–Trinajstić information content (AvgIpc) is 3.54. The molecule has 0 unspecified atom stereocenters. The normalized spacial score (nSPS) is 11.5. The van der Waals surface area contributed by atoms with Crippen molar-refractivity contribution in [2.45, 2.75) is 33.6 Å². The second-order valence-electron chi connectivity index (χ2n) is 9.69. The molecule has 2 heterocycles. The van der Waals surface area contributed by atoms with E-state index >= 15 is 0 Å². The van der Waals surface area contributed by atoms with E-state index in [4.69, 9.17) is 4.42 Å². The molecule has 0 spiro atoms. The molecule has 0 radical (unpaired) electrons. The van der Waals surface area contributed by atoms with Crippen LogP contribution >= 0.6 is 0 Å². The van der Waals surface area contributed by atoms with Crippen LogP contribution in [0.4, 0.5) is 11.4 Å². The molecule has 0 bridgehead atoms. The molecule has 0 saturated carbocycles. The molecule has 0 aliphatic heterocycles. The molecule has 196 valence electrons. The predicted molar refractivity (Wildman–Crippen MR) is 151 cm³/mol. The number of nitro benzene ring substituents is 1. The number of aryl methyl sites for hydroxylation is 2. The summed E-state index contributed by atoms with van der Waals surface area (Å²) in [6.07, 6.45) is 2.87. The van der Waals surface area contributed by atoms with Gasteiger partial charge in [-0.15, -0.1) is 10.2 Å². The molecule has 0 aliphatic rings. The number of amides is 1. The zero-order valence-corrected chi connectivity index (χ0v) is 22.0. The number of benzene rings is 3. The zero-order valence-electron chi connectivity index (χ0n) is 22.0. The number of anilines is 1. The number of carbonyl (C=O) groups is 1. The van der Waals surface area contributed by atoms with Crippen molar-refractivity contribution in [2.24, 2.45) is 0 Å². The van der Waals surface area contributed by atoms with E-state index < -0.39 is 4.92 Å². The Morgan fingerprint density at radius 1 is 1.00 bits per heavy atom. The van der Waals surface area contributed by atoms with Gasteiger partial charge in [0, 0.05) is 17.8 Å². The fraction of sp³-hybridized carbons (Fsp3) is 0.167. The van der Waals surface area contributed by atoms with Gasteiger partial charge in [-0.05, 0) is 85.0 Å². The number of nitrogens with one attached hydrogen (secondary N) is 1. The topological polar surface area (TPSA) is 116 Å². The molecule has 39 heavy (non-hydrogen) atoms. The number of fused-ring (bicyclic) bond motifs is 1. The Morgan fingerprint density at radius 2 is 1.72 bits per heavy atom. The molecule has 0 fully saturated rings. The summed E-state index contributed by atoms with van der Waals surface area (Å²) in [7, 11) is 0. The third-order valence-corrected chi connectivity index (χ3v) is 6.42. The van der Waals surface area contributed by atoms with Gasteiger partial charge in [-0.3, -0.25) is 14.9 Å². The van der Waals surface area contributed by atoms with E-state index in [9.17, 15) is 14.9 Å². The number of hydrogen-bond donors (Lipinski definition) is 1. The molecular formula is C30H27N5O4. The molecule has 5 aromatic rings. The van der Waals surface area contributed by atoms with Crippen LogP contribution in [0.3, 0.4) is 0 Å². The number of aromatic nitrogens is 3. The third-order valence-electron chi connectivity index (χ3n) is 6.42. The lowest BCUT2D eigenvalue weighted by Gasteiger charge is -2.05. The summed E-state index contributed by atoms with van der Waals surface area (Å²) in [5.74, 6) is 0.836. The Kier molecular flexibility index (Phi) is 6.81. The highest BCUT2D eigenvalue weighted by molar-refractivity contribution is 6.03. The number of nitro groups is 1. The highest BCUT2D eigenvalue weighted by atomic mass is 16.6. The second-order valence-corrected chi connectivity index (χ2v) is 9.69. The Morgan fingerprint density at radius 3 is 2.41 bits per heavy atom. The Balaban J connectivity index is 1.31. The smallest absolute Gasteiger partial charge is 0.280 e. The van der Waals surface area contributed by atoms with Crippen LogP contribution in [0.15, 0.2) is 77.2 Å². The van der Waals surface area contributed by atoms with Gasteiger partial charge >= 0.3 is 0 Å². The first kappa shape index (κ1) is 25.6. The van der Waals surface area contributed by atoms with Crippen LogP contribution in [0, 0.1) is 24.0 Å². The summed E-state index contributed by atoms with van der Waals surface area (Å²) in [5, 5.41) is 23.5. The Labute approximate surface area is 224 Å². The van der Waals surface area contributed by atoms with Gasteiger partial charge in [-0.2, -0.15) is 4.80 Å². The number of rotatable bonds is 7. The predicted octanol–water partition coefficient (Wildman–Crippen LogP) is 6.98. The summed E-state index contributed by atoms with van der Waals surface area (Å²) >= 11 is 0. The summed E-state index contributed by atoms with van der Waals surface area (Å²) in [6, 6.07) is 20.0. The lowest BCUT2D eigenvalue weighted by Crippen LogP contribution is -2.08. The van der Waals surface area contributed by atoms with Gasteiger partial charge < -0.3 is 9.73 Å². The van der Waals surface area contributed by atoms with Gasteiger partial charge in [0.1, 0.15) is 22.6 Å². The summed E-state index contributed by atoms with van der Waals surface area (Å²) in [4.78, 5) is 25.3. The maximum atomic E-state index is 12.7. The minimum absolute atomic E-state index is 0.0343. The van der Waals surface area contributed by atoms with Crippen molar-refractivity contribution in [3.8, 4) is 17.0 Å². The summed E-state index contributed by atoms with van der Waals surface area (Å²) in [5.41, 5.74) is 6.07. The van der Waals surface area contributed by atoms with E-state index in [-0.39, 0.29) is 11.6 Å². The molecule has 5 rings (SSSR count). The van der Waals surface area contributed by atoms with Gasteiger partial charge in [0.25, 0.3) is 5.69 Å². The fourth-order valence-corrected chi connectivity index (χ4v) is 4.23. The van der Waals surface area contributed by atoms with Crippen molar-refractivity contribution in [2.75, 3.05) is 5.32 Å². The van der Waals surface area contributed by atoms with E-state index in [1.165, 1.54) is 23.8 Å². The first-order chi connectivity index (χ1) is 18.7. The monoisotopic (exact) mass is 521 g/mol. The van der Waals surface area contributed by atoms with Gasteiger partial charge in [-0.25, -0.2) is 0 Å². The van der Waals surface area contributed by atoms with Crippen molar-refractivity contribution in [3.63, 3.8) is 0 Å². The van der Waals surface area contributed by atoms with Crippen molar-refractivity contribution in [1.82, 2.24) is 15.0 Å². The maximum Gasteiger partial charge on any atom is 0.280 e. The van der Waals surface area contributed by atoms with Crippen molar-refractivity contribution >= 4 is 34.4 Å². The van der Waals surface area contributed by atoms with Gasteiger partial charge in [-0.1, -0.05) is 32.0 Å². The molecular weight excluding hydrogens is 494 g/mol. The van der Waals surface area contributed by atoms with Crippen LogP contribution < -0.4 is 5.32 Å². The minimum atomic E-state index is -0.437. The highest BCUT2D eigenvalue weighted by Crippen LogP contribution is 2.32. The molecule has 0 saturated heterocycles. The molecule has 0 atom stereocenters. The maximum absolute atomic E-state index is 12.7. The third kappa shape index (κ3) is 5.47. The Bertz CT molecular complexity index is 1730. The summed E-state index contributed by atoms with van der Waals surface area (Å²) in [6.45, 7) is 7.98. The lowest BCUT2D eigenvalue weighted by atomic mass is 10.0. The highest BCUT2D eigenvalue weighted by Gasteiger charge is 2.18. The quantitative estimate of drug-likeness (QED) is 0.140. The number of furan rings is 1. The zero-order chi connectivity index (χ0) is 27.7. The number of nitrogens with zero attached hydrogens (tertiary/aromatic N) is 4. The summed E-state index contributed by atoms with van der Waals surface area (Å²) < 4.78 is 5.76. The van der Waals surface area contributed by atoms with Crippen molar-refractivity contribution < 1.29 is 14.1 Å². The van der Waals surface area contributed by atoms with Gasteiger partial charge in [0.2, 0.25) is 5.91 Å². The van der Waals surface area contributed by atoms with E-state index in [1.54, 1.807) is 42.1 Å². The molecule has 0 aliphatic carbocycles. The standard InChI is InChI=1S/C30H27N5O4/c1-18(2)21-6-8-22(9-7-21)34-32-26-16-20(4)25(17-27(26)33-34)31-30(36)14-11-23-10-13-29(39-23)24-12-5-19(3)15-28(24)35(37)38/h5-18H,1-4H3,(H,31,36)/b14-11+. The van der Waals surface area contributed by atoms with Gasteiger partial charge in [0.05, 0.1) is 16.2 Å². The van der Waals surface area contributed by atoms with Gasteiger partial charge in [0.15, 0.2) is 0 Å². The second kappa shape index (κ2) is 10.4. The fourth-order valence-electron chi connectivity index (χ4n) is 4.23. The average molecular weight is 522 g/mol. The largest absolute Gasteiger partial charge is 0.456 e. The van der Waals surface area contributed by atoms with Crippen LogP contribution in [0.25, 0.3) is 34.1 Å². The molecule has 3 aromatic carbocycles. The molecule has 1 amide bonds. The van der Waals surface area contributed by atoms with Crippen LogP contribution in [-0.4, -0.2) is 25.8 Å². The van der Waals surface area contributed by atoms with E-state index in [0.717, 1.165) is 22.3 Å². The molecule has 9 nitrogen and oxygen atoms in total. The van der Waals surface area contributed by atoms with Crippen LogP contribution in [0.5, 0.6) is 0 Å². The SMILES string of the molecule is Cc1ccc(-c2ccc(/C=C/C(=O)Nc3cc4nn(-c5ccc(C(C)C)cc5)nc4cc3C)o2)c([N+](=O)[O-])c1. The van der Waals surface area contributed by atoms with Crippen LogP contribution in [0.1, 0.15) is 42.2 Å². The minimum Gasteiger partial charge on any atom is -0.456 e. The van der Waals surface area contributed by atoms with Crippen molar-refractivity contribution in [3.05, 3.63) is 105 Å². The Hall–Kier alpha value is -5.05. The van der Waals surface area contributed by atoms with Crippen LogP contribution in [0.2, 0.25) is 0 Å². The number of carbonyl (C=O) groups excluding carboxylic acids is 1.